The van der Waals surface area contributed by atoms with Crippen molar-refractivity contribution in [3.63, 3.8) is 0 Å². The number of aryl methyl sites for hydroxylation is 1. The van der Waals surface area contributed by atoms with Crippen molar-refractivity contribution in [2.24, 2.45) is 0 Å². The maximum absolute atomic E-state index is 14.1. The second-order valence-electron chi connectivity index (χ2n) is 10.5. The maximum atomic E-state index is 14.1. The molecule has 0 fully saturated rings. The second kappa shape index (κ2) is 15.3. The molecule has 0 bridgehead atoms. The summed E-state index contributed by atoms with van der Waals surface area (Å²) < 4.78 is 10.2. The molecule has 0 radical (unpaired) electrons. The number of rotatable bonds is 12. The van der Waals surface area contributed by atoms with Gasteiger partial charge in [-0.05, 0) is 57.9 Å². The van der Waals surface area contributed by atoms with Gasteiger partial charge < -0.3 is 35.2 Å². The number of hydrogen-bond donors (Lipinski definition) is 4. The van der Waals surface area contributed by atoms with Crippen LogP contribution in [0.15, 0.2) is 42.5 Å². The quantitative estimate of drug-likeness (QED) is 0.216. The molecule has 226 valence electrons. The maximum Gasteiger partial charge on any atom is 0.408 e. The van der Waals surface area contributed by atoms with Gasteiger partial charge in [0.15, 0.2) is 0 Å². The highest BCUT2D eigenvalue weighted by Gasteiger charge is 2.37. The number of hydrogen-bond acceptors (Lipinski definition) is 9. The van der Waals surface area contributed by atoms with E-state index in [0.717, 1.165) is 4.90 Å². The third-order valence-electron chi connectivity index (χ3n) is 5.95. The zero-order valence-corrected chi connectivity index (χ0v) is 24.5. The van der Waals surface area contributed by atoms with Gasteiger partial charge in [-0.15, -0.1) is 0 Å². The Morgan fingerprint density at radius 2 is 1.74 bits per heavy atom. The summed E-state index contributed by atoms with van der Waals surface area (Å²) in [5.41, 5.74) is 0.159. The zero-order chi connectivity index (χ0) is 31.4. The molecule has 2 atom stereocenters. The van der Waals surface area contributed by atoms with Gasteiger partial charge in [0.2, 0.25) is 11.8 Å². The summed E-state index contributed by atoms with van der Waals surface area (Å²) >= 11 is 0. The van der Waals surface area contributed by atoms with Gasteiger partial charge in [-0.2, -0.15) is 5.26 Å². The first-order valence-electron chi connectivity index (χ1n) is 13.4. The molecule has 0 saturated heterocycles. The summed E-state index contributed by atoms with van der Waals surface area (Å²) in [5, 5.41) is 35.4. The Balaban J connectivity index is 2.53. The zero-order valence-electron chi connectivity index (χ0n) is 24.5. The van der Waals surface area contributed by atoms with E-state index in [2.05, 4.69) is 10.6 Å². The molecule has 2 aromatic rings. The fourth-order valence-corrected chi connectivity index (χ4v) is 4.06. The van der Waals surface area contributed by atoms with E-state index in [4.69, 9.17) is 9.47 Å². The van der Waals surface area contributed by atoms with Crippen LogP contribution in [0, 0.1) is 18.3 Å². The molecule has 0 aliphatic rings. The third kappa shape index (κ3) is 9.99. The van der Waals surface area contributed by atoms with E-state index in [-0.39, 0.29) is 43.1 Å². The van der Waals surface area contributed by atoms with Crippen LogP contribution >= 0.6 is 0 Å². The van der Waals surface area contributed by atoms with Gasteiger partial charge in [-0.1, -0.05) is 30.3 Å². The smallest absolute Gasteiger partial charge is 0.408 e. The monoisotopic (exact) mass is 582 g/mol. The highest BCUT2D eigenvalue weighted by molar-refractivity contribution is 5.93. The number of esters is 1. The average molecular weight is 583 g/mol. The Bertz CT molecular complexity index is 1300. The lowest BCUT2D eigenvalue weighted by atomic mass is 9.98. The van der Waals surface area contributed by atoms with Crippen LogP contribution in [-0.4, -0.2) is 70.3 Å². The summed E-state index contributed by atoms with van der Waals surface area (Å²) in [6.45, 7) is 7.70. The minimum absolute atomic E-state index is 0.00214. The van der Waals surface area contributed by atoms with E-state index < -0.39 is 48.1 Å². The van der Waals surface area contributed by atoms with Crippen LogP contribution < -0.4 is 10.6 Å². The number of para-hydroxylation sites is 1. The topological polar surface area (TPSA) is 178 Å². The largest absolute Gasteiger partial charge is 0.508 e. The van der Waals surface area contributed by atoms with Crippen LogP contribution in [0.2, 0.25) is 0 Å². The van der Waals surface area contributed by atoms with E-state index in [0.29, 0.717) is 11.1 Å². The molecule has 12 heteroatoms. The lowest BCUT2D eigenvalue weighted by Crippen LogP contribution is -2.54. The number of phenolic OH excluding ortho intramolecular Hbond substituents is 2. The first-order chi connectivity index (χ1) is 19.8. The summed E-state index contributed by atoms with van der Waals surface area (Å²) in [4.78, 5) is 53.2. The van der Waals surface area contributed by atoms with E-state index in [1.807, 2.05) is 6.07 Å². The molecular weight excluding hydrogens is 544 g/mol. The van der Waals surface area contributed by atoms with Gasteiger partial charge in [0, 0.05) is 18.5 Å². The number of alkyl carbamates (subject to hydrolysis) is 1. The normalized spacial score (nSPS) is 12.3. The van der Waals surface area contributed by atoms with Crippen molar-refractivity contribution in [3.05, 3.63) is 59.2 Å². The molecular formula is C30H38N4O8. The molecule has 0 saturated carbocycles. The minimum atomic E-state index is -1.50. The molecule has 2 aromatic carbocycles. The molecule has 0 aromatic heterocycles. The predicted octanol–water partition coefficient (Wildman–Crippen LogP) is 3.00. The average Bonchev–Trinajstić information content (AvgIpc) is 2.90. The van der Waals surface area contributed by atoms with Gasteiger partial charge in [-0.25, -0.2) is 4.79 Å². The number of phenols is 2. The summed E-state index contributed by atoms with van der Waals surface area (Å²) in [6, 6.07) is 9.70. The van der Waals surface area contributed by atoms with Crippen molar-refractivity contribution < 1.29 is 38.9 Å². The van der Waals surface area contributed by atoms with Gasteiger partial charge in [0.05, 0.1) is 19.1 Å². The number of benzene rings is 2. The van der Waals surface area contributed by atoms with Crippen LogP contribution in [0.5, 0.6) is 11.5 Å². The number of nitrogens with one attached hydrogen (secondary N) is 2. The van der Waals surface area contributed by atoms with Crippen LogP contribution in [0.3, 0.4) is 0 Å². The molecule has 0 spiro atoms. The Labute approximate surface area is 245 Å². The van der Waals surface area contributed by atoms with Crippen molar-refractivity contribution >= 4 is 23.9 Å². The Hall–Kier alpha value is -4.79. The van der Waals surface area contributed by atoms with E-state index in [1.54, 1.807) is 58.9 Å². The number of nitriles is 1. The molecule has 2 unspecified atom stereocenters. The van der Waals surface area contributed by atoms with Crippen molar-refractivity contribution in [1.82, 2.24) is 15.5 Å². The molecule has 42 heavy (non-hydrogen) atoms. The second-order valence-corrected chi connectivity index (χ2v) is 10.5. The van der Waals surface area contributed by atoms with Crippen molar-refractivity contribution in [2.75, 3.05) is 19.7 Å². The molecule has 0 aliphatic carbocycles. The van der Waals surface area contributed by atoms with Gasteiger partial charge >= 0.3 is 12.1 Å². The first kappa shape index (κ1) is 33.4. The molecule has 3 amide bonds. The van der Waals surface area contributed by atoms with Crippen LogP contribution in [-0.2, 0) is 30.3 Å². The van der Waals surface area contributed by atoms with Crippen molar-refractivity contribution in [3.8, 4) is 17.6 Å². The Kier molecular flexibility index (Phi) is 12.2. The third-order valence-corrected chi connectivity index (χ3v) is 5.95. The lowest BCUT2D eigenvalue weighted by molar-refractivity contribution is -0.144. The fourth-order valence-electron chi connectivity index (χ4n) is 4.06. The molecule has 0 heterocycles. The Morgan fingerprint density at radius 3 is 2.33 bits per heavy atom. The van der Waals surface area contributed by atoms with Crippen LogP contribution in [0.25, 0.3) is 0 Å². The van der Waals surface area contributed by atoms with Crippen molar-refractivity contribution in [2.45, 2.75) is 65.1 Å². The molecule has 4 N–H and O–H groups in total. The SMILES string of the molecule is CCOC(=O)CCNC(=O)C(c1cccc(C)c1O)N(CC#N)C(=O)C(Cc1ccc(O)cc1)NC(=O)OC(C)(C)C. The number of amides is 3. The van der Waals surface area contributed by atoms with Gasteiger partial charge in [0.25, 0.3) is 0 Å². The predicted molar refractivity (Wildman–Crippen MR) is 152 cm³/mol. The summed E-state index contributed by atoms with van der Waals surface area (Å²) in [6.07, 6.45) is -1.11. The minimum Gasteiger partial charge on any atom is -0.508 e. The number of carbonyl (C=O) groups is 4. The summed E-state index contributed by atoms with van der Waals surface area (Å²) in [5.74, 6) is -2.35. The number of aromatic hydroxyl groups is 2. The lowest BCUT2D eigenvalue weighted by Gasteiger charge is -2.33. The van der Waals surface area contributed by atoms with Crippen LogP contribution in [0.1, 0.15) is 56.8 Å². The number of ether oxygens (including phenoxy) is 2. The number of carbonyl (C=O) groups excluding carboxylic acids is 4. The molecule has 2 rings (SSSR count). The molecule has 12 nitrogen and oxygen atoms in total. The Morgan fingerprint density at radius 1 is 1.07 bits per heavy atom. The van der Waals surface area contributed by atoms with Gasteiger partial charge in [-0.3, -0.25) is 14.4 Å². The molecule has 0 aliphatic heterocycles. The van der Waals surface area contributed by atoms with Crippen molar-refractivity contribution in [1.29, 1.82) is 5.26 Å². The highest BCUT2D eigenvalue weighted by Crippen LogP contribution is 2.32. The summed E-state index contributed by atoms with van der Waals surface area (Å²) in [7, 11) is 0. The van der Waals surface area contributed by atoms with E-state index in [9.17, 15) is 34.7 Å². The first-order valence-corrected chi connectivity index (χ1v) is 13.4. The van der Waals surface area contributed by atoms with E-state index >= 15 is 0 Å². The standard InChI is InChI=1S/C30H38N4O8/c1-6-41-24(36)14-16-32-27(38)25(22-9-7-8-19(2)26(22)37)34(17-15-31)28(39)23(33-29(40)42-30(3,4)5)18-20-10-12-21(35)13-11-20/h7-13,23,25,35,37H,6,14,16-18H2,1-5H3,(H,32,38)(H,33,40). The fraction of sp³-hybridized carbons (Fsp3) is 0.433. The number of nitrogens with zero attached hydrogens (tertiary/aromatic N) is 2. The van der Waals surface area contributed by atoms with Crippen LogP contribution in [0.4, 0.5) is 4.79 Å². The van der Waals surface area contributed by atoms with Gasteiger partial charge in [0.1, 0.15) is 35.7 Å². The van der Waals surface area contributed by atoms with E-state index in [1.165, 1.54) is 18.2 Å². The highest BCUT2D eigenvalue weighted by atomic mass is 16.6.